The fraction of sp³-hybridized carbons (Fsp3) is 0.667. The number of ketones is 1. The largest absolute Gasteiger partial charge is 0.395 e. The first kappa shape index (κ1) is 13.0. The molecule has 0 radical (unpaired) electrons. The normalized spacial score (nSPS) is 43.6. The van der Waals surface area contributed by atoms with Crippen molar-refractivity contribution >= 4 is 5.78 Å². The van der Waals surface area contributed by atoms with Crippen LogP contribution in [0.1, 0.15) is 33.6 Å². The van der Waals surface area contributed by atoms with Crippen LogP contribution in [-0.2, 0) is 4.79 Å². The van der Waals surface area contributed by atoms with E-state index in [1.807, 2.05) is 6.92 Å². The molecule has 0 saturated heterocycles. The van der Waals surface area contributed by atoms with E-state index in [-0.39, 0.29) is 12.4 Å². The van der Waals surface area contributed by atoms with E-state index in [0.29, 0.717) is 11.1 Å². The fourth-order valence-electron chi connectivity index (χ4n) is 3.65. The molecule has 3 unspecified atom stereocenters. The number of hydrogen-bond acceptors (Lipinski definition) is 4. The molecule has 0 aliphatic heterocycles. The predicted molar refractivity (Wildman–Crippen MR) is 69.3 cm³/mol. The lowest BCUT2D eigenvalue weighted by atomic mass is 9.69. The first-order valence-electron chi connectivity index (χ1n) is 6.72. The fourth-order valence-corrected chi connectivity index (χ4v) is 3.65. The number of hydrogen-bond donors (Lipinski definition) is 3. The molecule has 4 heteroatoms. The zero-order chi connectivity index (χ0) is 14.2. The van der Waals surface area contributed by atoms with Gasteiger partial charge in [0.1, 0.15) is 5.60 Å². The first-order chi connectivity index (χ1) is 8.70. The summed E-state index contributed by atoms with van der Waals surface area (Å²) in [6.45, 7) is 4.90. The molecule has 1 fully saturated rings. The maximum absolute atomic E-state index is 12.5. The second-order valence-corrected chi connectivity index (χ2v) is 6.65. The van der Waals surface area contributed by atoms with E-state index in [9.17, 15) is 20.1 Å². The van der Waals surface area contributed by atoms with Crippen molar-refractivity contribution in [3.8, 4) is 0 Å². The third kappa shape index (κ3) is 1.32. The maximum Gasteiger partial charge on any atom is 0.178 e. The van der Waals surface area contributed by atoms with Gasteiger partial charge in [-0.05, 0) is 37.8 Å². The van der Waals surface area contributed by atoms with Crippen molar-refractivity contribution in [2.24, 2.45) is 10.8 Å². The monoisotopic (exact) mass is 264 g/mol. The second-order valence-electron chi connectivity index (χ2n) is 6.65. The van der Waals surface area contributed by atoms with Crippen LogP contribution < -0.4 is 0 Å². The van der Waals surface area contributed by atoms with Crippen LogP contribution in [0.15, 0.2) is 22.8 Å². The molecule has 0 aromatic rings. The molecular weight excluding hydrogens is 244 g/mol. The Kier molecular flexibility index (Phi) is 2.31. The van der Waals surface area contributed by atoms with E-state index in [4.69, 9.17) is 0 Å². The molecule has 3 aliphatic carbocycles. The summed E-state index contributed by atoms with van der Waals surface area (Å²) in [4.78, 5) is 12.5. The Morgan fingerprint density at radius 2 is 1.95 bits per heavy atom. The molecule has 3 aliphatic rings. The molecule has 0 aromatic heterocycles. The van der Waals surface area contributed by atoms with Gasteiger partial charge in [0.25, 0.3) is 0 Å². The van der Waals surface area contributed by atoms with Crippen molar-refractivity contribution in [3.05, 3.63) is 22.8 Å². The summed E-state index contributed by atoms with van der Waals surface area (Å²) in [5.41, 5.74) is -0.927. The van der Waals surface area contributed by atoms with Crippen LogP contribution >= 0.6 is 0 Å². The Labute approximate surface area is 112 Å². The van der Waals surface area contributed by atoms with Gasteiger partial charge in [-0.1, -0.05) is 18.6 Å². The number of aliphatic hydroxyl groups is 3. The van der Waals surface area contributed by atoms with E-state index < -0.39 is 22.5 Å². The van der Waals surface area contributed by atoms with E-state index in [1.54, 1.807) is 13.0 Å². The van der Waals surface area contributed by atoms with E-state index in [1.165, 1.54) is 6.92 Å². The minimum Gasteiger partial charge on any atom is -0.395 e. The molecule has 0 bridgehead atoms. The number of fused-ring (bicyclic) bond motifs is 1. The summed E-state index contributed by atoms with van der Waals surface area (Å²) in [5, 5.41) is 30.6. The Morgan fingerprint density at radius 1 is 1.37 bits per heavy atom. The lowest BCUT2D eigenvalue weighted by Gasteiger charge is -2.37. The van der Waals surface area contributed by atoms with E-state index in [2.05, 4.69) is 0 Å². The highest BCUT2D eigenvalue weighted by molar-refractivity contribution is 6.03. The Morgan fingerprint density at radius 3 is 2.42 bits per heavy atom. The Balaban J connectivity index is 2.26. The number of allylic oxidation sites excluding steroid dienone is 1. The summed E-state index contributed by atoms with van der Waals surface area (Å²) in [7, 11) is 0. The topological polar surface area (TPSA) is 77.8 Å². The molecule has 0 heterocycles. The minimum atomic E-state index is -1.56. The highest BCUT2D eigenvalue weighted by atomic mass is 16.3. The number of carbonyl (C=O) groups is 1. The van der Waals surface area contributed by atoms with Gasteiger partial charge in [0, 0.05) is 5.41 Å². The van der Waals surface area contributed by atoms with Crippen molar-refractivity contribution in [2.45, 2.75) is 45.3 Å². The van der Waals surface area contributed by atoms with Crippen molar-refractivity contribution in [1.29, 1.82) is 0 Å². The van der Waals surface area contributed by atoms with E-state index in [0.717, 1.165) is 18.4 Å². The third-order valence-corrected chi connectivity index (χ3v) is 5.28. The quantitative estimate of drug-likeness (QED) is 0.652. The van der Waals surface area contributed by atoms with Gasteiger partial charge in [-0.25, -0.2) is 0 Å². The van der Waals surface area contributed by atoms with Crippen LogP contribution in [-0.4, -0.2) is 39.4 Å². The second kappa shape index (κ2) is 3.37. The lowest BCUT2D eigenvalue weighted by Crippen LogP contribution is -2.47. The molecule has 0 aromatic carbocycles. The van der Waals surface area contributed by atoms with Gasteiger partial charge in [0.15, 0.2) is 5.78 Å². The first-order valence-corrected chi connectivity index (χ1v) is 6.72. The van der Waals surface area contributed by atoms with Crippen LogP contribution in [0.4, 0.5) is 0 Å². The highest BCUT2D eigenvalue weighted by Gasteiger charge is 2.64. The minimum absolute atomic E-state index is 0.165. The van der Waals surface area contributed by atoms with Crippen molar-refractivity contribution < 1.29 is 20.1 Å². The van der Waals surface area contributed by atoms with Gasteiger partial charge >= 0.3 is 0 Å². The molecule has 0 amide bonds. The zero-order valence-electron chi connectivity index (χ0n) is 11.5. The number of aliphatic hydroxyl groups excluding tert-OH is 2. The number of rotatable bonds is 1. The summed E-state index contributed by atoms with van der Waals surface area (Å²) in [6, 6.07) is 0. The molecule has 3 rings (SSSR count). The molecule has 1 spiro atoms. The molecule has 19 heavy (non-hydrogen) atoms. The van der Waals surface area contributed by atoms with Gasteiger partial charge in [-0.3, -0.25) is 4.79 Å². The van der Waals surface area contributed by atoms with Gasteiger partial charge in [-0.15, -0.1) is 0 Å². The highest BCUT2D eigenvalue weighted by Crippen LogP contribution is 2.62. The smallest absolute Gasteiger partial charge is 0.178 e. The Bertz CT molecular complexity index is 536. The van der Waals surface area contributed by atoms with Crippen molar-refractivity contribution in [1.82, 2.24) is 0 Å². The average molecular weight is 264 g/mol. The molecule has 104 valence electrons. The third-order valence-electron chi connectivity index (χ3n) is 5.28. The maximum atomic E-state index is 12.5. The van der Waals surface area contributed by atoms with E-state index >= 15 is 0 Å². The average Bonchev–Trinajstić information content (AvgIpc) is 3.11. The lowest BCUT2D eigenvalue weighted by molar-refractivity contribution is -0.137. The summed E-state index contributed by atoms with van der Waals surface area (Å²) >= 11 is 0. The van der Waals surface area contributed by atoms with Crippen LogP contribution in [0.5, 0.6) is 0 Å². The standard InChI is InChI=1S/C15H20O4/c1-8-10-9(6-13(2,7-16)11(10)17)14(3,19)12(18)15(8)4-5-15/h6,11,16-17,19H,4-5,7H2,1-3H3. The summed E-state index contributed by atoms with van der Waals surface area (Å²) in [5.74, 6) is -0.165. The van der Waals surface area contributed by atoms with Gasteiger partial charge < -0.3 is 15.3 Å². The summed E-state index contributed by atoms with van der Waals surface area (Å²) < 4.78 is 0. The zero-order valence-corrected chi connectivity index (χ0v) is 11.5. The molecule has 1 saturated carbocycles. The predicted octanol–water partition coefficient (Wildman–Crippen LogP) is 0.716. The van der Waals surface area contributed by atoms with Crippen LogP contribution in [0.2, 0.25) is 0 Å². The number of carbonyl (C=O) groups excluding carboxylic acids is 1. The van der Waals surface area contributed by atoms with Crippen LogP contribution in [0.3, 0.4) is 0 Å². The molecule has 4 nitrogen and oxygen atoms in total. The van der Waals surface area contributed by atoms with Crippen molar-refractivity contribution in [3.63, 3.8) is 0 Å². The van der Waals surface area contributed by atoms with Crippen LogP contribution in [0, 0.1) is 10.8 Å². The van der Waals surface area contributed by atoms with Gasteiger partial charge in [0.2, 0.25) is 0 Å². The van der Waals surface area contributed by atoms with Gasteiger partial charge in [0.05, 0.1) is 18.1 Å². The number of Topliss-reactive ketones (excluding diaryl/α,β-unsaturated/α-hetero) is 1. The Hall–Kier alpha value is -0.970. The molecule has 3 N–H and O–H groups in total. The summed E-state index contributed by atoms with van der Waals surface area (Å²) in [6.07, 6.45) is 2.30. The van der Waals surface area contributed by atoms with Gasteiger partial charge in [-0.2, -0.15) is 0 Å². The SMILES string of the molecule is CC1=C2C(=CC(C)(CO)C2O)C(C)(O)C(=O)C12CC2. The molecule has 3 atom stereocenters. The molecular formula is C15H20O4. The van der Waals surface area contributed by atoms with Crippen LogP contribution in [0.25, 0.3) is 0 Å². The van der Waals surface area contributed by atoms with Crippen molar-refractivity contribution in [2.75, 3.05) is 6.61 Å².